The Hall–Kier alpha value is -2.41. The second kappa shape index (κ2) is 9.87. The molecule has 0 radical (unpaired) electrons. The molecule has 0 aliphatic carbocycles. The fourth-order valence-corrected chi connectivity index (χ4v) is 4.34. The maximum Gasteiger partial charge on any atom is 0.416 e. The molecule has 1 atom stereocenters. The van der Waals surface area contributed by atoms with E-state index < -0.39 is 34.4 Å². The van der Waals surface area contributed by atoms with E-state index in [2.05, 4.69) is 0 Å². The fourth-order valence-electron chi connectivity index (χ4n) is 2.86. The Morgan fingerprint density at radius 1 is 1.07 bits per heavy atom. The monoisotopic (exact) mass is 426 g/mol. The van der Waals surface area contributed by atoms with E-state index in [1.54, 1.807) is 30.3 Å². The zero-order chi connectivity index (χ0) is 21.5. The van der Waals surface area contributed by atoms with Crippen molar-refractivity contribution in [2.45, 2.75) is 31.7 Å². The van der Waals surface area contributed by atoms with Gasteiger partial charge >= 0.3 is 6.18 Å². The van der Waals surface area contributed by atoms with Gasteiger partial charge in [0.1, 0.15) is 0 Å². The summed E-state index contributed by atoms with van der Waals surface area (Å²) in [5.41, 5.74) is -0.757. The number of benzene rings is 2. The zero-order valence-corrected chi connectivity index (χ0v) is 16.3. The summed E-state index contributed by atoms with van der Waals surface area (Å²) in [7, 11) is -3.90. The van der Waals surface area contributed by atoms with Crippen LogP contribution in [-0.4, -0.2) is 30.1 Å². The summed E-state index contributed by atoms with van der Waals surface area (Å²) < 4.78 is 66.2. The number of sulfonamides is 1. The van der Waals surface area contributed by atoms with Gasteiger partial charge in [0.2, 0.25) is 10.0 Å². The molecule has 0 unspecified atom stereocenters. The minimum atomic E-state index is -4.67. The molecule has 0 bridgehead atoms. The van der Waals surface area contributed by atoms with Gasteiger partial charge < -0.3 is 5.11 Å². The van der Waals surface area contributed by atoms with Crippen LogP contribution in [-0.2, 0) is 22.7 Å². The molecule has 9 heteroatoms. The van der Waals surface area contributed by atoms with Gasteiger partial charge in [-0.3, -0.25) is 0 Å². The third kappa shape index (κ3) is 6.56. The molecule has 0 aromatic heterocycles. The van der Waals surface area contributed by atoms with E-state index in [0.717, 1.165) is 16.4 Å². The van der Waals surface area contributed by atoms with Crippen LogP contribution in [0, 0.1) is 11.3 Å². The first kappa shape index (κ1) is 22.9. The number of nitriles is 1. The molecule has 0 heterocycles. The standard InChI is InChI=1S/C20H21F3N2O3S/c21-20(22,23)18-11-5-4-10-17(18)19(26)15-25(14-16-8-2-1-3-9-16)29(27,28)13-7-6-12-24/h1-5,8-11,19,26H,6-7,13-15H2/t19-/m0/s1. The average molecular weight is 426 g/mol. The first-order chi connectivity index (χ1) is 13.6. The zero-order valence-electron chi connectivity index (χ0n) is 15.5. The molecule has 0 saturated carbocycles. The van der Waals surface area contributed by atoms with Crippen molar-refractivity contribution >= 4 is 10.0 Å². The lowest BCUT2D eigenvalue weighted by molar-refractivity contribution is -0.139. The van der Waals surface area contributed by atoms with Crippen molar-refractivity contribution in [2.24, 2.45) is 0 Å². The van der Waals surface area contributed by atoms with Crippen LogP contribution in [0.15, 0.2) is 54.6 Å². The van der Waals surface area contributed by atoms with Crippen molar-refractivity contribution < 1.29 is 26.7 Å². The molecule has 2 aromatic rings. The molecular formula is C20H21F3N2O3S. The minimum Gasteiger partial charge on any atom is -0.387 e. The lowest BCUT2D eigenvalue weighted by Gasteiger charge is -2.26. The molecule has 5 nitrogen and oxygen atoms in total. The van der Waals surface area contributed by atoms with E-state index in [9.17, 15) is 26.7 Å². The van der Waals surface area contributed by atoms with E-state index in [1.165, 1.54) is 12.1 Å². The topological polar surface area (TPSA) is 81.4 Å². The first-order valence-corrected chi connectivity index (χ1v) is 10.5. The van der Waals surface area contributed by atoms with Crippen LogP contribution in [0.3, 0.4) is 0 Å². The van der Waals surface area contributed by atoms with Crippen LogP contribution in [0.1, 0.15) is 35.6 Å². The predicted molar refractivity (Wildman–Crippen MR) is 102 cm³/mol. The van der Waals surface area contributed by atoms with Gasteiger partial charge in [-0.1, -0.05) is 48.5 Å². The highest BCUT2D eigenvalue weighted by atomic mass is 32.2. The van der Waals surface area contributed by atoms with Gasteiger partial charge in [0.05, 0.1) is 23.5 Å². The number of nitrogens with zero attached hydrogens (tertiary/aromatic N) is 2. The highest BCUT2D eigenvalue weighted by Crippen LogP contribution is 2.35. The van der Waals surface area contributed by atoms with Crippen LogP contribution in [0.4, 0.5) is 13.2 Å². The Bertz CT molecular complexity index is 941. The molecular weight excluding hydrogens is 405 g/mol. The summed E-state index contributed by atoms with van der Waals surface area (Å²) in [5, 5.41) is 19.1. The van der Waals surface area contributed by atoms with E-state index in [1.807, 2.05) is 6.07 Å². The number of rotatable bonds is 9. The van der Waals surface area contributed by atoms with E-state index >= 15 is 0 Å². The van der Waals surface area contributed by atoms with Crippen molar-refractivity contribution in [1.29, 1.82) is 5.26 Å². The van der Waals surface area contributed by atoms with E-state index in [-0.39, 0.29) is 30.7 Å². The summed E-state index contributed by atoms with van der Waals surface area (Å²) in [6.45, 7) is -0.627. The van der Waals surface area contributed by atoms with Crippen molar-refractivity contribution in [2.75, 3.05) is 12.3 Å². The van der Waals surface area contributed by atoms with Gasteiger partial charge in [-0.15, -0.1) is 0 Å². The van der Waals surface area contributed by atoms with Crippen molar-refractivity contribution in [3.05, 3.63) is 71.3 Å². The van der Waals surface area contributed by atoms with Crippen LogP contribution < -0.4 is 0 Å². The van der Waals surface area contributed by atoms with Crippen molar-refractivity contribution in [1.82, 2.24) is 4.31 Å². The van der Waals surface area contributed by atoms with Gasteiger partial charge in [0, 0.05) is 19.5 Å². The number of hydrogen-bond acceptors (Lipinski definition) is 4. The predicted octanol–water partition coefficient (Wildman–Crippen LogP) is 3.87. The highest BCUT2D eigenvalue weighted by molar-refractivity contribution is 7.89. The van der Waals surface area contributed by atoms with Crippen LogP contribution in [0.2, 0.25) is 0 Å². The first-order valence-electron chi connectivity index (χ1n) is 8.88. The summed E-state index contributed by atoms with van der Waals surface area (Å²) >= 11 is 0. The van der Waals surface area contributed by atoms with Gasteiger partial charge in [-0.2, -0.15) is 22.7 Å². The van der Waals surface area contributed by atoms with Crippen molar-refractivity contribution in [3.8, 4) is 6.07 Å². The molecule has 2 rings (SSSR count). The lowest BCUT2D eigenvalue weighted by Crippen LogP contribution is -2.36. The SMILES string of the molecule is N#CCCCS(=O)(=O)N(Cc1ccccc1)C[C@H](O)c1ccccc1C(F)(F)F. The third-order valence-corrected chi connectivity index (χ3v) is 6.16. The highest BCUT2D eigenvalue weighted by Gasteiger charge is 2.35. The molecule has 0 amide bonds. The van der Waals surface area contributed by atoms with Crippen molar-refractivity contribution in [3.63, 3.8) is 0 Å². The second-order valence-corrected chi connectivity index (χ2v) is 8.55. The fraction of sp³-hybridized carbons (Fsp3) is 0.350. The molecule has 0 aliphatic rings. The molecule has 0 saturated heterocycles. The van der Waals surface area contributed by atoms with Crippen LogP contribution in [0.5, 0.6) is 0 Å². The van der Waals surface area contributed by atoms with E-state index in [4.69, 9.17) is 5.26 Å². The Labute approximate surface area is 168 Å². The molecule has 0 fully saturated rings. The number of unbranched alkanes of at least 4 members (excludes halogenated alkanes) is 1. The Kier molecular flexibility index (Phi) is 7.79. The number of halogens is 3. The third-order valence-electron chi connectivity index (χ3n) is 4.29. The molecule has 2 aromatic carbocycles. The maximum atomic E-state index is 13.3. The quantitative estimate of drug-likeness (QED) is 0.617. The maximum absolute atomic E-state index is 13.3. The van der Waals surface area contributed by atoms with Gasteiger partial charge in [-0.05, 0) is 23.6 Å². The molecule has 0 spiro atoms. The smallest absolute Gasteiger partial charge is 0.387 e. The molecule has 29 heavy (non-hydrogen) atoms. The summed E-state index contributed by atoms with van der Waals surface area (Å²) in [6.07, 6.45) is -6.20. The van der Waals surface area contributed by atoms with Gasteiger partial charge in [0.15, 0.2) is 0 Å². The summed E-state index contributed by atoms with van der Waals surface area (Å²) in [6, 6.07) is 15.0. The molecule has 1 N–H and O–H groups in total. The van der Waals surface area contributed by atoms with E-state index in [0.29, 0.717) is 5.56 Å². The number of hydrogen-bond donors (Lipinski definition) is 1. The number of aliphatic hydroxyl groups is 1. The minimum absolute atomic E-state index is 0.0396. The number of alkyl halides is 3. The normalized spacial score (nSPS) is 13.2. The Morgan fingerprint density at radius 2 is 1.69 bits per heavy atom. The van der Waals surface area contributed by atoms with Crippen LogP contribution >= 0.6 is 0 Å². The molecule has 156 valence electrons. The van der Waals surface area contributed by atoms with Crippen LogP contribution in [0.25, 0.3) is 0 Å². The summed E-state index contributed by atoms with van der Waals surface area (Å²) in [5.74, 6) is -0.332. The Morgan fingerprint density at radius 3 is 2.31 bits per heavy atom. The van der Waals surface area contributed by atoms with Gasteiger partial charge in [0.25, 0.3) is 0 Å². The lowest BCUT2D eigenvalue weighted by atomic mass is 10.0. The van der Waals surface area contributed by atoms with Gasteiger partial charge in [-0.25, -0.2) is 8.42 Å². The average Bonchev–Trinajstić information content (AvgIpc) is 2.67. The molecule has 0 aliphatic heterocycles. The largest absolute Gasteiger partial charge is 0.416 e. The second-order valence-electron chi connectivity index (χ2n) is 6.46. The Balaban J connectivity index is 2.31. The summed E-state index contributed by atoms with van der Waals surface area (Å²) in [4.78, 5) is 0. The number of aliphatic hydroxyl groups excluding tert-OH is 1.